The quantitative estimate of drug-likeness (QED) is 0.771. The zero-order chi connectivity index (χ0) is 10.1. The maximum absolute atomic E-state index is 6.12. The lowest BCUT2D eigenvalue weighted by Gasteiger charge is -2.26. The summed E-state index contributed by atoms with van der Waals surface area (Å²) in [6, 6.07) is 4.30. The molecule has 0 saturated heterocycles. The molecule has 2 rings (SSSR count). The molecule has 1 heterocycles. The topological polar surface area (TPSA) is 21.3 Å². The molecule has 1 N–H and O–H groups in total. The number of nitrogens with one attached hydrogen (secondary N) is 1. The molecule has 14 heavy (non-hydrogen) atoms. The monoisotopic (exact) mass is 211 g/mol. The molecule has 1 aliphatic heterocycles. The molecule has 1 atom stereocenters. The molecule has 2 nitrogen and oxygen atoms in total. The summed E-state index contributed by atoms with van der Waals surface area (Å²) in [6.45, 7) is 2.17. The van der Waals surface area contributed by atoms with Crippen molar-refractivity contribution in [2.24, 2.45) is 0 Å². The second-order valence-electron chi connectivity index (χ2n) is 3.69. The van der Waals surface area contributed by atoms with E-state index in [0.717, 1.165) is 29.3 Å². The summed E-state index contributed by atoms with van der Waals surface area (Å²) in [5.41, 5.74) is 2.25. The average Bonchev–Trinajstić information content (AvgIpc) is 2.18. The zero-order valence-corrected chi connectivity index (χ0v) is 9.19. The summed E-state index contributed by atoms with van der Waals surface area (Å²) in [4.78, 5) is 0. The van der Waals surface area contributed by atoms with Crippen LogP contribution in [0.1, 0.15) is 18.9 Å². The van der Waals surface area contributed by atoms with Crippen molar-refractivity contribution in [3.05, 3.63) is 22.7 Å². The van der Waals surface area contributed by atoms with Gasteiger partial charge >= 0.3 is 0 Å². The summed E-state index contributed by atoms with van der Waals surface area (Å²) < 4.78 is 5.29. The van der Waals surface area contributed by atoms with E-state index in [1.54, 1.807) is 7.11 Å². The van der Waals surface area contributed by atoms with Crippen molar-refractivity contribution in [2.75, 3.05) is 12.4 Å². The third kappa shape index (κ3) is 1.55. The highest BCUT2D eigenvalue weighted by atomic mass is 35.5. The Balaban J connectivity index is 2.49. The third-order valence-corrected chi connectivity index (χ3v) is 3.01. The normalized spacial score (nSPS) is 19.8. The number of rotatable bonds is 1. The third-order valence-electron chi connectivity index (χ3n) is 2.66. The van der Waals surface area contributed by atoms with Gasteiger partial charge in [-0.05, 0) is 37.5 Å². The second-order valence-corrected chi connectivity index (χ2v) is 4.09. The molecule has 0 aromatic heterocycles. The van der Waals surface area contributed by atoms with Crippen LogP contribution >= 0.6 is 11.6 Å². The van der Waals surface area contributed by atoms with Crippen LogP contribution in [0.15, 0.2) is 12.1 Å². The Morgan fingerprint density at radius 3 is 3.00 bits per heavy atom. The van der Waals surface area contributed by atoms with Crippen LogP contribution in [0.2, 0.25) is 5.02 Å². The zero-order valence-electron chi connectivity index (χ0n) is 8.43. The minimum Gasteiger partial charge on any atom is -0.495 e. The first kappa shape index (κ1) is 9.66. The van der Waals surface area contributed by atoms with Crippen LogP contribution < -0.4 is 10.1 Å². The molecule has 0 fully saturated rings. The van der Waals surface area contributed by atoms with Crippen LogP contribution in [0.4, 0.5) is 5.69 Å². The fourth-order valence-electron chi connectivity index (χ4n) is 1.85. The standard InChI is InChI=1S/C11H14ClNO/c1-7-3-4-8-9(12)5-6-10(14-2)11(8)13-7/h5-7,13H,3-4H2,1-2H3. The van der Waals surface area contributed by atoms with Gasteiger partial charge in [0.1, 0.15) is 5.75 Å². The second kappa shape index (κ2) is 3.70. The summed E-state index contributed by atoms with van der Waals surface area (Å²) in [6.07, 6.45) is 2.15. The van der Waals surface area contributed by atoms with Gasteiger partial charge in [-0.25, -0.2) is 0 Å². The molecule has 0 spiro atoms. The molecule has 0 radical (unpaired) electrons. The lowest BCUT2D eigenvalue weighted by Crippen LogP contribution is -2.22. The maximum atomic E-state index is 6.12. The van der Waals surface area contributed by atoms with Crippen molar-refractivity contribution in [2.45, 2.75) is 25.8 Å². The van der Waals surface area contributed by atoms with Gasteiger partial charge in [-0.15, -0.1) is 0 Å². The van der Waals surface area contributed by atoms with Crippen LogP contribution in [0.5, 0.6) is 5.75 Å². The van der Waals surface area contributed by atoms with E-state index in [4.69, 9.17) is 16.3 Å². The van der Waals surface area contributed by atoms with E-state index in [-0.39, 0.29) is 0 Å². The summed E-state index contributed by atoms with van der Waals surface area (Å²) in [7, 11) is 1.68. The van der Waals surface area contributed by atoms with E-state index in [1.165, 1.54) is 5.56 Å². The fourth-order valence-corrected chi connectivity index (χ4v) is 2.11. The smallest absolute Gasteiger partial charge is 0.142 e. The Morgan fingerprint density at radius 1 is 1.50 bits per heavy atom. The molecule has 1 aromatic rings. The van der Waals surface area contributed by atoms with E-state index in [0.29, 0.717) is 6.04 Å². The Labute approximate surface area is 89.2 Å². The van der Waals surface area contributed by atoms with E-state index in [1.807, 2.05) is 12.1 Å². The molecule has 0 amide bonds. The van der Waals surface area contributed by atoms with Gasteiger partial charge < -0.3 is 10.1 Å². The number of benzene rings is 1. The van der Waals surface area contributed by atoms with Crippen molar-refractivity contribution in [3.63, 3.8) is 0 Å². The molecule has 1 aliphatic rings. The molecule has 0 aliphatic carbocycles. The number of hydrogen-bond donors (Lipinski definition) is 1. The van der Waals surface area contributed by atoms with Crippen LogP contribution in [0.25, 0.3) is 0 Å². The van der Waals surface area contributed by atoms with Gasteiger partial charge in [0.25, 0.3) is 0 Å². The van der Waals surface area contributed by atoms with Crippen molar-refractivity contribution in [1.29, 1.82) is 0 Å². The van der Waals surface area contributed by atoms with Gasteiger partial charge in [0.2, 0.25) is 0 Å². The van der Waals surface area contributed by atoms with E-state index in [9.17, 15) is 0 Å². The molecular formula is C11H14ClNO. The SMILES string of the molecule is COc1ccc(Cl)c2c1NC(C)CC2. The first-order valence-corrected chi connectivity index (χ1v) is 5.22. The number of ether oxygens (including phenoxy) is 1. The van der Waals surface area contributed by atoms with Gasteiger partial charge in [0.05, 0.1) is 12.8 Å². The summed E-state index contributed by atoms with van der Waals surface area (Å²) in [5, 5.41) is 4.24. The van der Waals surface area contributed by atoms with E-state index >= 15 is 0 Å². The molecule has 3 heteroatoms. The number of anilines is 1. The van der Waals surface area contributed by atoms with Crippen molar-refractivity contribution in [3.8, 4) is 5.75 Å². The maximum Gasteiger partial charge on any atom is 0.142 e. The van der Waals surface area contributed by atoms with Gasteiger partial charge in [-0.3, -0.25) is 0 Å². The van der Waals surface area contributed by atoms with E-state index in [2.05, 4.69) is 12.2 Å². The van der Waals surface area contributed by atoms with Crippen LogP contribution in [-0.4, -0.2) is 13.2 Å². The minimum atomic E-state index is 0.495. The van der Waals surface area contributed by atoms with Gasteiger partial charge in [0, 0.05) is 11.1 Å². The van der Waals surface area contributed by atoms with Crippen molar-refractivity contribution < 1.29 is 4.74 Å². The van der Waals surface area contributed by atoms with E-state index < -0.39 is 0 Å². The predicted molar refractivity (Wildman–Crippen MR) is 59.4 cm³/mol. The number of methoxy groups -OCH3 is 1. The highest BCUT2D eigenvalue weighted by molar-refractivity contribution is 6.31. The molecule has 76 valence electrons. The number of hydrogen-bond acceptors (Lipinski definition) is 2. The highest BCUT2D eigenvalue weighted by Crippen LogP contribution is 2.37. The highest BCUT2D eigenvalue weighted by Gasteiger charge is 2.19. The average molecular weight is 212 g/mol. The Morgan fingerprint density at radius 2 is 2.29 bits per heavy atom. The molecule has 0 bridgehead atoms. The molecule has 1 aromatic carbocycles. The number of fused-ring (bicyclic) bond motifs is 1. The molecule has 0 saturated carbocycles. The van der Waals surface area contributed by atoms with Crippen molar-refractivity contribution >= 4 is 17.3 Å². The Kier molecular flexibility index (Phi) is 2.55. The van der Waals surface area contributed by atoms with Gasteiger partial charge in [0.15, 0.2) is 0 Å². The first-order chi connectivity index (χ1) is 6.72. The Bertz CT molecular complexity index is 351. The lowest BCUT2D eigenvalue weighted by molar-refractivity contribution is 0.414. The van der Waals surface area contributed by atoms with Crippen LogP contribution in [0, 0.1) is 0 Å². The van der Waals surface area contributed by atoms with Crippen LogP contribution in [-0.2, 0) is 6.42 Å². The Hall–Kier alpha value is -0.890. The van der Waals surface area contributed by atoms with Crippen molar-refractivity contribution in [1.82, 2.24) is 0 Å². The van der Waals surface area contributed by atoms with Gasteiger partial charge in [-0.1, -0.05) is 11.6 Å². The minimum absolute atomic E-state index is 0.495. The first-order valence-electron chi connectivity index (χ1n) is 4.84. The number of halogens is 1. The summed E-state index contributed by atoms with van der Waals surface area (Å²) in [5.74, 6) is 0.885. The predicted octanol–water partition coefficient (Wildman–Crippen LogP) is 3.10. The molecular weight excluding hydrogens is 198 g/mol. The summed E-state index contributed by atoms with van der Waals surface area (Å²) >= 11 is 6.12. The largest absolute Gasteiger partial charge is 0.495 e. The fraction of sp³-hybridized carbons (Fsp3) is 0.455. The van der Waals surface area contributed by atoms with Gasteiger partial charge in [-0.2, -0.15) is 0 Å². The molecule has 1 unspecified atom stereocenters. The lowest BCUT2D eigenvalue weighted by atomic mass is 9.98. The van der Waals surface area contributed by atoms with Crippen LogP contribution in [0.3, 0.4) is 0 Å².